The Hall–Kier alpha value is -2.14. The van der Waals surface area contributed by atoms with E-state index in [0.29, 0.717) is 35.0 Å². The Balaban J connectivity index is 2.91. The number of nitrogens with zero attached hydrogens (tertiary/aromatic N) is 1. The predicted molar refractivity (Wildman–Crippen MR) is 80.1 cm³/mol. The Morgan fingerprint density at radius 2 is 1.86 bits per heavy atom. The summed E-state index contributed by atoms with van der Waals surface area (Å²) < 4.78 is 1.83. The molecule has 2 rings (SSSR count). The number of benzene rings is 1. The third kappa shape index (κ3) is 2.45. The van der Waals surface area contributed by atoms with E-state index in [1.165, 1.54) is 6.92 Å². The largest absolute Gasteiger partial charge is 0.478 e. The van der Waals surface area contributed by atoms with Crippen LogP contribution in [-0.4, -0.2) is 33.1 Å². The summed E-state index contributed by atoms with van der Waals surface area (Å²) in [6.45, 7) is 5.54. The normalized spacial score (nSPS) is 11.0. The quantitative estimate of drug-likeness (QED) is 0.829. The van der Waals surface area contributed by atoms with E-state index < -0.39 is 5.97 Å². The zero-order valence-corrected chi connectivity index (χ0v) is 12.4. The highest BCUT2D eigenvalue weighted by molar-refractivity contribution is 6.13. The maximum atomic E-state index is 11.9. The third-order valence-electron chi connectivity index (χ3n) is 3.80. The smallest absolute Gasteiger partial charge is 0.338 e. The standard InChI is InChI=1S/C16H19NO4/c1-9-5-6-12-14(11(3)19)10(2)17(7-4-8-18)15(12)13(9)16(20)21/h5-6,18H,4,7-8H2,1-3H3,(H,20,21). The number of carboxylic acid groups (broad SMARTS) is 1. The fraction of sp³-hybridized carbons (Fsp3) is 0.375. The first-order valence-electron chi connectivity index (χ1n) is 6.87. The average Bonchev–Trinajstić information content (AvgIpc) is 2.68. The Morgan fingerprint density at radius 1 is 1.19 bits per heavy atom. The van der Waals surface area contributed by atoms with Gasteiger partial charge in [0.05, 0.1) is 11.1 Å². The molecule has 0 fully saturated rings. The molecule has 0 unspecified atom stereocenters. The van der Waals surface area contributed by atoms with Crippen molar-refractivity contribution in [3.8, 4) is 0 Å². The van der Waals surface area contributed by atoms with Gasteiger partial charge in [-0.3, -0.25) is 4.79 Å². The number of aromatic nitrogens is 1. The Kier molecular flexibility index (Phi) is 4.14. The fourth-order valence-corrected chi connectivity index (χ4v) is 2.89. The molecule has 0 aliphatic heterocycles. The summed E-state index contributed by atoms with van der Waals surface area (Å²) in [4.78, 5) is 23.5. The van der Waals surface area contributed by atoms with Gasteiger partial charge in [-0.25, -0.2) is 4.79 Å². The first-order chi connectivity index (χ1) is 9.90. The van der Waals surface area contributed by atoms with Crippen LogP contribution in [0.5, 0.6) is 0 Å². The molecule has 1 aromatic heterocycles. The minimum absolute atomic E-state index is 0.0166. The number of carbonyl (C=O) groups excluding carboxylic acids is 1. The number of aryl methyl sites for hydroxylation is 2. The van der Waals surface area contributed by atoms with E-state index in [2.05, 4.69) is 0 Å². The van der Waals surface area contributed by atoms with Crippen LogP contribution in [0.2, 0.25) is 0 Å². The summed E-state index contributed by atoms with van der Waals surface area (Å²) in [5, 5.41) is 19.2. The number of hydrogen-bond acceptors (Lipinski definition) is 3. The van der Waals surface area contributed by atoms with Crippen molar-refractivity contribution in [1.29, 1.82) is 0 Å². The summed E-state index contributed by atoms with van der Waals surface area (Å²) in [7, 11) is 0. The Labute approximate surface area is 122 Å². The number of aliphatic hydroxyl groups is 1. The highest BCUT2D eigenvalue weighted by atomic mass is 16.4. The van der Waals surface area contributed by atoms with Crippen LogP contribution in [0.4, 0.5) is 0 Å². The highest BCUT2D eigenvalue weighted by Gasteiger charge is 2.23. The van der Waals surface area contributed by atoms with Gasteiger partial charge in [-0.1, -0.05) is 12.1 Å². The maximum absolute atomic E-state index is 11.9. The molecule has 5 heteroatoms. The van der Waals surface area contributed by atoms with Gasteiger partial charge in [0.15, 0.2) is 5.78 Å². The number of carboxylic acids is 1. The second-order valence-corrected chi connectivity index (χ2v) is 5.20. The maximum Gasteiger partial charge on any atom is 0.338 e. The lowest BCUT2D eigenvalue weighted by Crippen LogP contribution is -2.08. The van der Waals surface area contributed by atoms with E-state index in [0.717, 1.165) is 5.69 Å². The molecule has 1 aromatic carbocycles. The van der Waals surface area contributed by atoms with Gasteiger partial charge < -0.3 is 14.8 Å². The van der Waals surface area contributed by atoms with Crippen LogP contribution in [0.25, 0.3) is 10.9 Å². The van der Waals surface area contributed by atoms with Crippen molar-refractivity contribution in [2.24, 2.45) is 0 Å². The summed E-state index contributed by atoms with van der Waals surface area (Å²) in [6, 6.07) is 3.53. The molecule has 2 aromatic rings. The van der Waals surface area contributed by atoms with Gasteiger partial charge in [-0.05, 0) is 32.8 Å². The molecule has 0 atom stereocenters. The Bertz CT molecular complexity index is 728. The van der Waals surface area contributed by atoms with E-state index in [1.807, 2.05) is 11.5 Å². The summed E-state index contributed by atoms with van der Waals surface area (Å²) in [6.07, 6.45) is 0.509. The predicted octanol–water partition coefficient (Wildman–Crippen LogP) is 2.54. The minimum atomic E-state index is -1.00. The van der Waals surface area contributed by atoms with Crippen molar-refractivity contribution >= 4 is 22.7 Å². The van der Waals surface area contributed by atoms with Crippen molar-refractivity contribution in [2.45, 2.75) is 33.7 Å². The summed E-state index contributed by atoms with van der Waals surface area (Å²) in [5.74, 6) is -1.09. The lowest BCUT2D eigenvalue weighted by Gasteiger charge is -2.10. The van der Waals surface area contributed by atoms with E-state index >= 15 is 0 Å². The Morgan fingerprint density at radius 3 is 2.38 bits per heavy atom. The minimum Gasteiger partial charge on any atom is -0.478 e. The van der Waals surface area contributed by atoms with Crippen LogP contribution >= 0.6 is 0 Å². The highest BCUT2D eigenvalue weighted by Crippen LogP contribution is 2.31. The number of aromatic carboxylic acids is 1. The molecule has 2 N–H and O–H groups in total. The molecule has 0 spiro atoms. The molecule has 0 saturated heterocycles. The molecule has 0 saturated carbocycles. The third-order valence-corrected chi connectivity index (χ3v) is 3.80. The second-order valence-electron chi connectivity index (χ2n) is 5.20. The van der Waals surface area contributed by atoms with Gasteiger partial charge in [0, 0.05) is 29.8 Å². The van der Waals surface area contributed by atoms with Gasteiger partial charge in [0.2, 0.25) is 0 Å². The van der Waals surface area contributed by atoms with E-state index in [-0.39, 0.29) is 18.0 Å². The molecule has 21 heavy (non-hydrogen) atoms. The van der Waals surface area contributed by atoms with Gasteiger partial charge in [0.25, 0.3) is 0 Å². The molecule has 0 aliphatic carbocycles. The monoisotopic (exact) mass is 289 g/mol. The van der Waals surface area contributed by atoms with Crippen molar-refractivity contribution in [3.05, 3.63) is 34.5 Å². The molecule has 0 radical (unpaired) electrons. The molecule has 5 nitrogen and oxygen atoms in total. The van der Waals surface area contributed by atoms with E-state index in [9.17, 15) is 14.7 Å². The van der Waals surface area contributed by atoms with Gasteiger partial charge in [0.1, 0.15) is 0 Å². The average molecular weight is 289 g/mol. The zero-order valence-electron chi connectivity index (χ0n) is 12.4. The SMILES string of the molecule is CC(=O)c1c(C)n(CCCO)c2c(C(=O)O)c(C)ccc12. The first kappa shape index (κ1) is 15.3. The number of aliphatic hydroxyl groups excluding tert-OH is 1. The van der Waals surface area contributed by atoms with Gasteiger partial charge in [-0.15, -0.1) is 0 Å². The van der Waals surface area contributed by atoms with E-state index in [4.69, 9.17) is 5.11 Å². The zero-order chi connectivity index (χ0) is 15.7. The van der Waals surface area contributed by atoms with Crippen molar-refractivity contribution in [3.63, 3.8) is 0 Å². The number of fused-ring (bicyclic) bond motifs is 1. The molecular formula is C16H19NO4. The van der Waals surface area contributed by atoms with Crippen LogP contribution in [0.15, 0.2) is 12.1 Å². The molecule has 0 bridgehead atoms. The van der Waals surface area contributed by atoms with Crippen LogP contribution in [0.1, 0.15) is 45.3 Å². The molecule has 1 heterocycles. The summed E-state index contributed by atoms with van der Waals surface area (Å²) in [5.41, 5.74) is 2.76. The number of Topliss-reactive ketones (excluding diaryl/α,β-unsaturated/α-hetero) is 1. The number of ketones is 1. The van der Waals surface area contributed by atoms with Crippen LogP contribution in [0, 0.1) is 13.8 Å². The molecule has 0 aliphatic rings. The number of rotatable bonds is 5. The lowest BCUT2D eigenvalue weighted by atomic mass is 10.0. The van der Waals surface area contributed by atoms with Crippen molar-refractivity contribution < 1.29 is 19.8 Å². The molecule has 0 amide bonds. The van der Waals surface area contributed by atoms with Crippen LogP contribution in [-0.2, 0) is 6.54 Å². The second kappa shape index (κ2) is 5.69. The molecule has 112 valence electrons. The van der Waals surface area contributed by atoms with E-state index in [1.54, 1.807) is 19.1 Å². The molecular weight excluding hydrogens is 270 g/mol. The topological polar surface area (TPSA) is 79.5 Å². The lowest BCUT2D eigenvalue weighted by molar-refractivity contribution is 0.0697. The van der Waals surface area contributed by atoms with Gasteiger partial charge in [-0.2, -0.15) is 0 Å². The fourth-order valence-electron chi connectivity index (χ4n) is 2.89. The van der Waals surface area contributed by atoms with Crippen molar-refractivity contribution in [1.82, 2.24) is 4.57 Å². The van der Waals surface area contributed by atoms with Crippen molar-refractivity contribution in [2.75, 3.05) is 6.61 Å². The summed E-state index contributed by atoms with van der Waals surface area (Å²) >= 11 is 0. The van der Waals surface area contributed by atoms with Crippen LogP contribution < -0.4 is 0 Å². The van der Waals surface area contributed by atoms with Crippen LogP contribution in [0.3, 0.4) is 0 Å². The van der Waals surface area contributed by atoms with Gasteiger partial charge >= 0.3 is 5.97 Å². The first-order valence-corrected chi connectivity index (χ1v) is 6.87. The number of hydrogen-bond donors (Lipinski definition) is 2. The number of carbonyl (C=O) groups is 2.